The smallest absolute Gasteiger partial charge is 0.144 e. The molecule has 2 heterocycles. The molecule has 2 rings (SSSR count). The van der Waals surface area contributed by atoms with Gasteiger partial charge in [-0.05, 0) is 31.2 Å². The summed E-state index contributed by atoms with van der Waals surface area (Å²) >= 11 is 0. The van der Waals surface area contributed by atoms with Crippen molar-refractivity contribution < 1.29 is 0 Å². The highest BCUT2D eigenvalue weighted by Gasteiger charge is 2.26. The van der Waals surface area contributed by atoms with Crippen molar-refractivity contribution in [2.75, 3.05) is 25.0 Å². The van der Waals surface area contributed by atoms with E-state index in [1.807, 2.05) is 12.4 Å². The summed E-state index contributed by atoms with van der Waals surface area (Å²) in [4.78, 5) is 11.4. The van der Waals surface area contributed by atoms with Crippen molar-refractivity contribution in [1.29, 1.82) is 0 Å². The maximum Gasteiger partial charge on any atom is 0.144 e. The number of likely N-dealkylation sites (tertiary alicyclic amines) is 1. The minimum absolute atomic E-state index is 0.439. The Morgan fingerprint density at radius 3 is 2.79 bits per heavy atom. The fraction of sp³-hybridized carbons (Fsp3) is 0.733. The van der Waals surface area contributed by atoms with Crippen LogP contribution in [0.2, 0.25) is 0 Å². The zero-order valence-corrected chi connectivity index (χ0v) is 12.4. The third kappa shape index (κ3) is 4.46. The van der Waals surface area contributed by atoms with E-state index in [0.29, 0.717) is 5.41 Å². The van der Waals surface area contributed by atoms with Gasteiger partial charge in [0.1, 0.15) is 5.82 Å². The van der Waals surface area contributed by atoms with Crippen molar-refractivity contribution in [3.8, 4) is 0 Å². The summed E-state index contributed by atoms with van der Waals surface area (Å²) in [7, 11) is 0. The highest BCUT2D eigenvalue weighted by molar-refractivity contribution is 5.30. The fourth-order valence-corrected chi connectivity index (χ4v) is 2.69. The van der Waals surface area contributed by atoms with E-state index in [4.69, 9.17) is 0 Å². The Kier molecular flexibility index (Phi) is 4.75. The second kappa shape index (κ2) is 6.33. The molecule has 1 N–H and O–H groups in total. The quantitative estimate of drug-likeness (QED) is 0.886. The molecule has 1 aliphatic rings. The average Bonchev–Trinajstić information content (AvgIpc) is 2.37. The van der Waals surface area contributed by atoms with Gasteiger partial charge in [0.25, 0.3) is 0 Å². The SMILES string of the molecule is CCCNc1cnc(CN2CCCC(C)(C)C2)cn1. The first kappa shape index (κ1) is 14.3. The Morgan fingerprint density at radius 2 is 2.16 bits per heavy atom. The second-order valence-corrected chi connectivity index (χ2v) is 6.30. The Hall–Kier alpha value is -1.16. The van der Waals surface area contributed by atoms with E-state index in [1.165, 1.54) is 19.4 Å². The molecule has 0 aliphatic carbocycles. The number of rotatable bonds is 5. The van der Waals surface area contributed by atoms with Gasteiger partial charge in [0, 0.05) is 19.6 Å². The van der Waals surface area contributed by atoms with Crippen molar-refractivity contribution >= 4 is 5.82 Å². The molecule has 0 spiro atoms. The number of anilines is 1. The predicted molar refractivity (Wildman–Crippen MR) is 79.1 cm³/mol. The van der Waals surface area contributed by atoms with Crippen LogP contribution in [0, 0.1) is 5.41 Å². The van der Waals surface area contributed by atoms with Gasteiger partial charge in [-0.2, -0.15) is 0 Å². The molecular formula is C15H26N4. The molecule has 19 heavy (non-hydrogen) atoms. The molecule has 0 amide bonds. The van der Waals surface area contributed by atoms with Crippen LogP contribution in [-0.2, 0) is 6.54 Å². The summed E-state index contributed by atoms with van der Waals surface area (Å²) in [6.45, 7) is 11.1. The molecule has 0 aromatic carbocycles. The highest BCUT2D eigenvalue weighted by Crippen LogP contribution is 2.28. The molecule has 0 bridgehead atoms. The average molecular weight is 262 g/mol. The third-order valence-electron chi connectivity index (χ3n) is 3.63. The molecule has 0 atom stereocenters. The Bertz CT molecular complexity index is 386. The van der Waals surface area contributed by atoms with Gasteiger partial charge < -0.3 is 5.32 Å². The molecule has 106 valence electrons. The molecule has 4 heteroatoms. The van der Waals surface area contributed by atoms with Crippen molar-refractivity contribution in [1.82, 2.24) is 14.9 Å². The third-order valence-corrected chi connectivity index (χ3v) is 3.63. The molecule has 0 saturated carbocycles. The standard InChI is InChI=1S/C15H26N4/c1-4-7-16-14-10-17-13(9-18-14)11-19-8-5-6-15(2,3)12-19/h9-10H,4-8,11-12H2,1-3H3,(H,16,18). The Labute approximate surface area is 116 Å². The summed E-state index contributed by atoms with van der Waals surface area (Å²) in [5, 5.41) is 3.25. The normalized spacial score (nSPS) is 19.3. The summed E-state index contributed by atoms with van der Waals surface area (Å²) in [6.07, 6.45) is 7.47. The second-order valence-electron chi connectivity index (χ2n) is 6.30. The summed E-state index contributed by atoms with van der Waals surface area (Å²) in [6, 6.07) is 0. The summed E-state index contributed by atoms with van der Waals surface area (Å²) in [5.41, 5.74) is 1.51. The van der Waals surface area contributed by atoms with Gasteiger partial charge >= 0.3 is 0 Å². The van der Waals surface area contributed by atoms with Crippen molar-refractivity contribution in [3.63, 3.8) is 0 Å². The number of hydrogen-bond acceptors (Lipinski definition) is 4. The highest BCUT2D eigenvalue weighted by atomic mass is 15.1. The minimum atomic E-state index is 0.439. The minimum Gasteiger partial charge on any atom is -0.369 e. The maximum atomic E-state index is 4.51. The van der Waals surface area contributed by atoms with Gasteiger partial charge in [-0.1, -0.05) is 20.8 Å². The van der Waals surface area contributed by atoms with Crippen LogP contribution in [0.15, 0.2) is 12.4 Å². The maximum absolute atomic E-state index is 4.51. The largest absolute Gasteiger partial charge is 0.369 e. The van der Waals surface area contributed by atoms with Crippen LogP contribution in [0.3, 0.4) is 0 Å². The van der Waals surface area contributed by atoms with E-state index < -0.39 is 0 Å². The van der Waals surface area contributed by atoms with E-state index in [1.54, 1.807) is 0 Å². The van der Waals surface area contributed by atoms with E-state index in [9.17, 15) is 0 Å². The monoisotopic (exact) mass is 262 g/mol. The van der Waals surface area contributed by atoms with E-state index in [-0.39, 0.29) is 0 Å². The Balaban J connectivity index is 1.88. The van der Waals surface area contributed by atoms with E-state index in [2.05, 4.69) is 41.0 Å². The van der Waals surface area contributed by atoms with Gasteiger partial charge in [-0.15, -0.1) is 0 Å². The number of hydrogen-bond donors (Lipinski definition) is 1. The van der Waals surface area contributed by atoms with Crippen molar-refractivity contribution in [2.45, 2.75) is 46.6 Å². The van der Waals surface area contributed by atoms with Crippen LogP contribution in [0.25, 0.3) is 0 Å². The number of piperidine rings is 1. The summed E-state index contributed by atoms with van der Waals surface area (Å²) in [5.74, 6) is 0.879. The van der Waals surface area contributed by atoms with Gasteiger partial charge in [-0.3, -0.25) is 9.88 Å². The first-order chi connectivity index (χ1) is 9.09. The lowest BCUT2D eigenvalue weighted by Gasteiger charge is -2.37. The topological polar surface area (TPSA) is 41.1 Å². The van der Waals surface area contributed by atoms with Gasteiger partial charge in [0.2, 0.25) is 0 Å². The van der Waals surface area contributed by atoms with Crippen molar-refractivity contribution in [2.24, 2.45) is 5.41 Å². The van der Waals surface area contributed by atoms with Crippen molar-refractivity contribution in [3.05, 3.63) is 18.1 Å². The molecule has 0 unspecified atom stereocenters. The van der Waals surface area contributed by atoms with Crippen LogP contribution in [-0.4, -0.2) is 34.5 Å². The number of aromatic nitrogens is 2. The van der Waals surface area contributed by atoms with Crippen LogP contribution in [0.4, 0.5) is 5.82 Å². The lowest BCUT2D eigenvalue weighted by atomic mass is 9.84. The van der Waals surface area contributed by atoms with Crippen LogP contribution >= 0.6 is 0 Å². The van der Waals surface area contributed by atoms with Gasteiger partial charge in [0.05, 0.1) is 18.1 Å². The Morgan fingerprint density at radius 1 is 1.32 bits per heavy atom. The zero-order valence-electron chi connectivity index (χ0n) is 12.4. The fourth-order valence-electron chi connectivity index (χ4n) is 2.69. The van der Waals surface area contributed by atoms with Crippen LogP contribution in [0.1, 0.15) is 45.7 Å². The lowest BCUT2D eigenvalue weighted by molar-refractivity contribution is 0.110. The van der Waals surface area contributed by atoms with E-state index >= 15 is 0 Å². The van der Waals surface area contributed by atoms with Gasteiger partial charge in [-0.25, -0.2) is 4.98 Å². The predicted octanol–water partition coefficient (Wildman–Crippen LogP) is 2.92. The van der Waals surface area contributed by atoms with Crippen LogP contribution in [0.5, 0.6) is 0 Å². The lowest BCUT2D eigenvalue weighted by Crippen LogP contribution is -2.39. The van der Waals surface area contributed by atoms with Crippen LogP contribution < -0.4 is 5.32 Å². The van der Waals surface area contributed by atoms with E-state index in [0.717, 1.165) is 37.6 Å². The zero-order chi connectivity index (χ0) is 13.7. The first-order valence-corrected chi connectivity index (χ1v) is 7.36. The van der Waals surface area contributed by atoms with Gasteiger partial charge in [0.15, 0.2) is 0 Å². The molecule has 4 nitrogen and oxygen atoms in total. The molecule has 1 saturated heterocycles. The number of nitrogens with zero attached hydrogens (tertiary/aromatic N) is 3. The first-order valence-electron chi connectivity index (χ1n) is 7.36. The number of nitrogens with one attached hydrogen (secondary N) is 1. The molecule has 1 aromatic heterocycles. The molecule has 0 radical (unpaired) electrons. The summed E-state index contributed by atoms with van der Waals surface area (Å²) < 4.78 is 0. The molecule has 1 fully saturated rings. The molecular weight excluding hydrogens is 236 g/mol. The molecule has 1 aliphatic heterocycles. The molecule has 1 aromatic rings.